The number of ether oxygens (including phenoxy) is 1. The summed E-state index contributed by atoms with van der Waals surface area (Å²) in [7, 11) is -1.49. The summed E-state index contributed by atoms with van der Waals surface area (Å²) < 4.78 is 22.0. The van der Waals surface area contributed by atoms with Crippen molar-refractivity contribution in [2.45, 2.75) is 38.2 Å². The Bertz CT molecular complexity index is 579. The maximum atomic E-state index is 12.7. The van der Waals surface area contributed by atoms with Gasteiger partial charge in [0, 0.05) is 0 Å². The third kappa shape index (κ3) is 5.17. The summed E-state index contributed by atoms with van der Waals surface area (Å²) in [5, 5.41) is 0. The van der Waals surface area contributed by atoms with Gasteiger partial charge in [-0.25, -0.2) is 8.57 Å². The Kier molecular flexibility index (Phi) is 5.65. The van der Waals surface area contributed by atoms with Gasteiger partial charge in [0.15, 0.2) is 0 Å². The Labute approximate surface area is 124 Å². The van der Waals surface area contributed by atoms with Crippen LogP contribution in [-0.4, -0.2) is 28.6 Å². The van der Waals surface area contributed by atoms with Gasteiger partial charge in [-0.15, -0.1) is 0 Å². The summed E-state index contributed by atoms with van der Waals surface area (Å²) in [6.07, 6.45) is 1.72. The maximum Gasteiger partial charge on any atom is 0.329 e. The van der Waals surface area contributed by atoms with Crippen LogP contribution in [-0.2, 0) is 18.3 Å². The second-order valence-corrected chi connectivity index (χ2v) is 9.70. The van der Waals surface area contributed by atoms with Gasteiger partial charge in [0.2, 0.25) is 0 Å². The van der Waals surface area contributed by atoms with Crippen molar-refractivity contribution in [3.63, 3.8) is 0 Å². The lowest BCUT2D eigenvalue weighted by molar-refractivity contribution is -0.152. The molecule has 0 aromatic heterocycles. The molecule has 1 rings (SSSR count). The highest BCUT2D eigenvalue weighted by Gasteiger charge is 2.17. The molecule has 1 aromatic rings. The first-order chi connectivity index (χ1) is 9.16. The lowest BCUT2D eigenvalue weighted by Gasteiger charge is -2.18. The van der Waals surface area contributed by atoms with Crippen LogP contribution in [0.1, 0.15) is 26.3 Å². The van der Waals surface area contributed by atoms with Crippen LogP contribution in [0.4, 0.5) is 0 Å². The van der Waals surface area contributed by atoms with Crippen LogP contribution in [0, 0.1) is 6.92 Å². The number of aryl methyl sites for hydroxylation is 1. The Hall–Kier alpha value is -1.01. The largest absolute Gasteiger partial charge is 0.459 e. The van der Waals surface area contributed by atoms with Gasteiger partial charge in [0.25, 0.3) is 0 Å². The number of hydrogen-bond donors (Lipinski definition) is 0. The average Bonchev–Trinajstić information content (AvgIpc) is 2.35. The predicted octanol–water partition coefficient (Wildman–Crippen LogP) is 3.44. The van der Waals surface area contributed by atoms with E-state index in [0.717, 1.165) is 16.4 Å². The Morgan fingerprint density at radius 1 is 1.30 bits per heavy atom. The molecule has 0 fully saturated rings. The van der Waals surface area contributed by atoms with E-state index in [2.05, 4.69) is 4.36 Å². The van der Waals surface area contributed by atoms with Crippen LogP contribution in [0.3, 0.4) is 0 Å². The van der Waals surface area contributed by atoms with Crippen molar-refractivity contribution in [1.82, 2.24) is 0 Å². The van der Waals surface area contributed by atoms with E-state index < -0.39 is 20.3 Å². The van der Waals surface area contributed by atoms with Gasteiger partial charge >= 0.3 is 5.97 Å². The molecule has 4 nitrogen and oxygen atoms in total. The summed E-state index contributed by atoms with van der Waals surface area (Å²) in [6, 6.07) is 7.34. The minimum absolute atomic E-state index is 0.204. The molecule has 1 aromatic carbocycles. The smallest absolute Gasteiger partial charge is 0.329 e. The zero-order valence-electron chi connectivity index (χ0n) is 12.5. The highest BCUT2D eigenvalue weighted by Crippen LogP contribution is 2.24. The molecule has 0 aliphatic carbocycles. The molecular formula is C14H21NO3S2. The topological polar surface area (TPSA) is 55.7 Å². The van der Waals surface area contributed by atoms with Crippen molar-refractivity contribution in [1.29, 1.82) is 0 Å². The van der Waals surface area contributed by atoms with Crippen molar-refractivity contribution in [2.75, 3.05) is 12.8 Å². The molecule has 112 valence electrons. The highest BCUT2D eigenvalue weighted by molar-refractivity contribution is 8.72. The molecule has 0 aliphatic rings. The van der Waals surface area contributed by atoms with Crippen LogP contribution in [0.15, 0.2) is 33.5 Å². The van der Waals surface area contributed by atoms with Gasteiger partial charge in [0.1, 0.15) is 20.9 Å². The van der Waals surface area contributed by atoms with E-state index >= 15 is 0 Å². The van der Waals surface area contributed by atoms with E-state index in [-0.39, 0.29) is 6.54 Å². The average molecular weight is 315 g/mol. The van der Waals surface area contributed by atoms with Crippen LogP contribution in [0.25, 0.3) is 0 Å². The summed E-state index contributed by atoms with van der Waals surface area (Å²) in [4.78, 5) is 12.3. The zero-order chi connectivity index (χ0) is 15.4. The third-order valence-electron chi connectivity index (χ3n) is 2.33. The molecule has 0 bridgehead atoms. The second-order valence-electron chi connectivity index (χ2n) is 5.33. The zero-order valence-corrected chi connectivity index (χ0v) is 14.1. The summed E-state index contributed by atoms with van der Waals surface area (Å²) in [6.45, 7) is 7.12. The van der Waals surface area contributed by atoms with E-state index in [1.54, 1.807) is 39.2 Å². The molecule has 6 heteroatoms. The van der Waals surface area contributed by atoms with E-state index in [1.807, 2.05) is 19.1 Å². The fraction of sp³-hybridized carbons (Fsp3) is 0.500. The van der Waals surface area contributed by atoms with Gasteiger partial charge in [-0.2, -0.15) is 0 Å². The summed E-state index contributed by atoms with van der Waals surface area (Å²) in [5.41, 5.74) is 0.528. The fourth-order valence-electron chi connectivity index (χ4n) is 1.45. The minimum Gasteiger partial charge on any atom is -0.459 e. The molecule has 0 radical (unpaired) electrons. The number of carbonyl (C=O) groups excluding carboxylic acids is 1. The number of rotatable bonds is 4. The van der Waals surface area contributed by atoms with Crippen LogP contribution >= 0.6 is 10.8 Å². The van der Waals surface area contributed by atoms with E-state index in [4.69, 9.17) is 4.74 Å². The number of nitrogens with zero attached hydrogens (tertiary/aromatic N) is 1. The maximum absolute atomic E-state index is 12.7. The Morgan fingerprint density at radius 3 is 2.30 bits per heavy atom. The Balaban J connectivity index is 2.94. The van der Waals surface area contributed by atoms with Gasteiger partial charge < -0.3 is 4.74 Å². The van der Waals surface area contributed by atoms with Gasteiger partial charge in [-0.05, 0) is 46.1 Å². The number of carbonyl (C=O) groups is 1. The van der Waals surface area contributed by atoms with Crippen molar-refractivity contribution >= 4 is 25.5 Å². The molecule has 0 saturated heterocycles. The van der Waals surface area contributed by atoms with Gasteiger partial charge in [-0.1, -0.05) is 28.5 Å². The second kappa shape index (κ2) is 6.63. The number of benzene rings is 1. The van der Waals surface area contributed by atoms with Gasteiger partial charge in [-0.3, -0.25) is 4.79 Å². The van der Waals surface area contributed by atoms with E-state index in [0.29, 0.717) is 4.90 Å². The minimum atomic E-state index is -2.63. The van der Waals surface area contributed by atoms with Crippen molar-refractivity contribution in [3.8, 4) is 0 Å². The molecule has 0 saturated carbocycles. The SMILES string of the molecule is CSS(=O)(=NCC(=O)OC(C)(C)C)c1ccc(C)cc1. The van der Waals surface area contributed by atoms with Crippen LogP contribution < -0.4 is 0 Å². The fourth-order valence-corrected chi connectivity index (χ4v) is 4.03. The van der Waals surface area contributed by atoms with Crippen molar-refractivity contribution in [2.24, 2.45) is 4.36 Å². The molecule has 0 amide bonds. The lowest BCUT2D eigenvalue weighted by atomic mass is 10.2. The van der Waals surface area contributed by atoms with Gasteiger partial charge in [0.05, 0.1) is 4.90 Å². The first-order valence-corrected chi connectivity index (χ1v) is 9.49. The Morgan fingerprint density at radius 2 is 1.85 bits per heavy atom. The standard InChI is InChI=1S/C14H21NO3S2/c1-11-6-8-12(9-7-11)20(17,19-5)15-10-13(16)18-14(2,3)4/h6-9H,10H2,1-5H3. The molecule has 1 unspecified atom stereocenters. The molecule has 0 heterocycles. The quantitative estimate of drug-likeness (QED) is 0.631. The van der Waals surface area contributed by atoms with E-state index in [1.165, 1.54) is 0 Å². The molecule has 20 heavy (non-hydrogen) atoms. The number of esters is 1. The summed E-state index contributed by atoms with van der Waals surface area (Å²) in [5.74, 6) is -0.466. The summed E-state index contributed by atoms with van der Waals surface area (Å²) >= 11 is 0. The highest BCUT2D eigenvalue weighted by atomic mass is 33.1. The molecule has 0 aliphatic heterocycles. The molecular weight excluding hydrogens is 294 g/mol. The first kappa shape index (κ1) is 17.0. The van der Waals surface area contributed by atoms with Crippen LogP contribution in [0.2, 0.25) is 0 Å². The first-order valence-electron chi connectivity index (χ1n) is 6.23. The monoisotopic (exact) mass is 315 g/mol. The normalized spacial score (nSPS) is 14.4. The molecule has 0 N–H and O–H groups in total. The number of hydrogen-bond acceptors (Lipinski definition) is 5. The third-order valence-corrected chi connectivity index (χ3v) is 6.37. The predicted molar refractivity (Wildman–Crippen MR) is 84.2 cm³/mol. The lowest BCUT2D eigenvalue weighted by Crippen LogP contribution is -2.25. The molecule has 1 atom stereocenters. The molecule has 0 spiro atoms. The van der Waals surface area contributed by atoms with E-state index in [9.17, 15) is 9.00 Å². The van der Waals surface area contributed by atoms with Crippen molar-refractivity contribution < 1.29 is 13.7 Å². The van der Waals surface area contributed by atoms with Crippen LogP contribution in [0.5, 0.6) is 0 Å². The van der Waals surface area contributed by atoms with Crippen molar-refractivity contribution in [3.05, 3.63) is 29.8 Å².